The van der Waals surface area contributed by atoms with E-state index in [0.29, 0.717) is 23.0 Å². The van der Waals surface area contributed by atoms with Gasteiger partial charge in [-0.15, -0.1) is 0 Å². The summed E-state index contributed by atoms with van der Waals surface area (Å²) in [5.41, 5.74) is 6.35. The molecule has 0 saturated heterocycles. The quantitative estimate of drug-likeness (QED) is 0.891. The second-order valence-corrected chi connectivity index (χ2v) is 5.60. The fraction of sp³-hybridized carbons (Fsp3) is 0.533. The molecule has 0 aliphatic heterocycles. The maximum atomic E-state index is 12.2. The molecule has 19 heavy (non-hydrogen) atoms. The molecule has 2 rings (SSSR count). The number of carbonyl (C=O) groups excluding carboxylic acids is 1. The van der Waals surface area contributed by atoms with Crippen LogP contribution in [0.25, 0.3) is 0 Å². The van der Waals surface area contributed by atoms with Gasteiger partial charge in [-0.3, -0.25) is 4.79 Å². The van der Waals surface area contributed by atoms with Crippen LogP contribution in [0, 0.1) is 5.92 Å². The molecule has 1 aromatic carbocycles. The zero-order valence-corrected chi connectivity index (χ0v) is 11.8. The van der Waals surface area contributed by atoms with Crippen molar-refractivity contribution < 1.29 is 4.79 Å². The zero-order valence-electron chi connectivity index (χ0n) is 11.1. The second kappa shape index (κ2) is 6.92. The Morgan fingerprint density at radius 1 is 1.32 bits per heavy atom. The minimum absolute atomic E-state index is 0.0593. The number of carbonyl (C=O) groups is 1. The van der Waals surface area contributed by atoms with Gasteiger partial charge in [-0.25, -0.2) is 0 Å². The highest BCUT2D eigenvalue weighted by Crippen LogP contribution is 2.26. The Bertz CT molecular complexity index is 430. The van der Waals surface area contributed by atoms with Crippen LogP contribution >= 0.6 is 11.6 Å². The lowest BCUT2D eigenvalue weighted by Gasteiger charge is -2.30. The summed E-state index contributed by atoms with van der Waals surface area (Å²) in [7, 11) is 0. The van der Waals surface area contributed by atoms with Crippen molar-refractivity contribution in [2.75, 3.05) is 6.54 Å². The fourth-order valence-electron chi connectivity index (χ4n) is 2.80. The van der Waals surface area contributed by atoms with Crippen LogP contribution in [0.4, 0.5) is 0 Å². The molecule has 0 aromatic heterocycles. The minimum atomic E-state index is -0.119. The number of hydrogen-bond donors (Lipinski definition) is 2. The summed E-state index contributed by atoms with van der Waals surface area (Å²) in [6, 6.07) is 7.17. The fourth-order valence-corrected chi connectivity index (χ4v) is 3.02. The Balaban J connectivity index is 2.01. The lowest BCUT2D eigenvalue weighted by atomic mass is 9.84. The molecule has 0 radical (unpaired) electrons. The summed E-state index contributed by atoms with van der Waals surface area (Å²) in [5, 5.41) is 3.53. The van der Waals surface area contributed by atoms with Crippen molar-refractivity contribution in [1.29, 1.82) is 0 Å². The number of hydrogen-bond acceptors (Lipinski definition) is 2. The van der Waals surface area contributed by atoms with Gasteiger partial charge in [-0.2, -0.15) is 0 Å². The first-order valence-corrected chi connectivity index (χ1v) is 7.35. The Morgan fingerprint density at radius 2 is 2.00 bits per heavy atom. The molecule has 0 heterocycles. The van der Waals surface area contributed by atoms with Crippen molar-refractivity contribution in [2.24, 2.45) is 11.7 Å². The monoisotopic (exact) mass is 280 g/mol. The van der Waals surface area contributed by atoms with Gasteiger partial charge < -0.3 is 11.1 Å². The van der Waals surface area contributed by atoms with Gasteiger partial charge in [0.15, 0.2) is 0 Å². The molecule has 3 N–H and O–H groups in total. The Labute approximate surface area is 119 Å². The Kier molecular flexibility index (Phi) is 5.23. The van der Waals surface area contributed by atoms with Crippen LogP contribution in [-0.2, 0) is 0 Å². The molecule has 1 saturated carbocycles. The van der Waals surface area contributed by atoms with E-state index in [-0.39, 0.29) is 11.9 Å². The first kappa shape index (κ1) is 14.4. The molecule has 1 aliphatic rings. The van der Waals surface area contributed by atoms with Crippen molar-refractivity contribution in [1.82, 2.24) is 5.32 Å². The molecule has 1 aromatic rings. The molecule has 104 valence electrons. The molecule has 1 atom stereocenters. The van der Waals surface area contributed by atoms with Crippen LogP contribution in [0.2, 0.25) is 5.02 Å². The maximum absolute atomic E-state index is 12.2. The van der Waals surface area contributed by atoms with E-state index < -0.39 is 0 Å². The highest BCUT2D eigenvalue weighted by atomic mass is 35.5. The van der Waals surface area contributed by atoms with Crippen molar-refractivity contribution in [3.8, 4) is 0 Å². The molecule has 1 amide bonds. The SMILES string of the molecule is NCC(NC(=O)c1ccccc1Cl)C1CCCCC1. The standard InChI is InChI=1S/C15H21ClN2O/c16-13-9-5-4-8-12(13)15(19)18-14(10-17)11-6-2-1-3-7-11/h4-5,8-9,11,14H,1-3,6-7,10,17H2,(H,18,19). The average Bonchev–Trinajstić information content (AvgIpc) is 2.46. The van der Waals surface area contributed by atoms with Crippen molar-refractivity contribution in [3.63, 3.8) is 0 Å². The van der Waals surface area contributed by atoms with E-state index >= 15 is 0 Å². The molecular weight excluding hydrogens is 260 g/mol. The number of rotatable bonds is 4. The molecule has 3 nitrogen and oxygen atoms in total. The molecule has 0 spiro atoms. The third kappa shape index (κ3) is 3.71. The first-order valence-electron chi connectivity index (χ1n) is 6.98. The Hall–Kier alpha value is -1.06. The summed E-state index contributed by atoms with van der Waals surface area (Å²) in [6.45, 7) is 0.487. The largest absolute Gasteiger partial charge is 0.348 e. The topological polar surface area (TPSA) is 55.1 Å². The lowest BCUT2D eigenvalue weighted by Crippen LogP contribution is -2.46. The number of nitrogens with one attached hydrogen (secondary N) is 1. The van der Waals surface area contributed by atoms with E-state index in [1.807, 2.05) is 12.1 Å². The van der Waals surface area contributed by atoms with Gasteiger partial charge in [-0.1, -0.05) is 43.0 Å². The lowest BCUT2D eigenvalue weighted by molar-refractivity contribution is 0.0915. The van der Waals surface area contributed by atoms with Gasteiger partial charge in [0.1, 0.15) is 0 Å². The summed E-state index contributed by atoms with van der Waals surface area (Å²) < 4.78 is 0. The molecule has 1 fully saturated rings. The van der Waals surface area contributed by atoms with Gasteiger partial charge in [0.2, 0.25) is 0 Å². The second-order valence-electron chi connectivity index (χ2n) is 5.19. The van der Waals surface area contributed by atoms with Gasteiger partial charge in [0.05, 0.1) is 10.6 Å². The maximum Gasteiger partial charge on any atom is 0.253 e. The molecule has 1 unspecified atom stereocenters. The predicted octanol–water partition coefficient (Wildman–Crippen LogP) is 2.98. The van der Waals surface area contributed by atoms with Gasteiger partial charge in [0, 0.05) is 12.6 Å². The highest BCUT2D eigenvalue weighted by Gasteiger charge is 2.24. The van der Waals surface area contributed by atoms with Crippen LogP contribution in [0.1, 0.15) is 42.5 Å². The van der Waals surface area contributed by atoms with Crippen molar-refractivity contribution >= 4 is 17.5 Å². The van der Waals surface area contributed by atoms with Crippen LogP contribution in [0.15, 0.2) is 24.3 Å². The number of benzene rings is 1. The summed E-state index contributed by atoms with van der Waals surface area (Å²) in [5.74, 6) is 0.386. The third-order valence-corrected chi connectivity index (χ3v) is 4.24. The van der Waals surface area contributed by atoms with Crippen LogP contribution < -0.4 is 11.1 Å². The number of amides is 1. The number of nitrogens with two attached hydrogens (primary N) is 1. The van der Waals surface area contributed by atoms with Crippen molar-refractivity contribution in [2.45, 2.75) is 38.1 Å². The van der Waals surface area contributed by atoms with Gasteiger partial charge >= 0.3 is 0 Å². The smallest absolute Gasteiger partial charge is 0.253 e. The van der Waals surface area contributed by atoms with E-state index in [4.69, 9.17) is 17.3 Å². The van der Waals surface area contributed by atoms with E-state index in [1.165, 1.54) is 19.3 Å². The van der Waals surface area contributed by atoms with E-state index in [1.54, 1.807) is 12.1 Å². The summed E-state index contributed by atoms with van der Waals surface area (Å²) >= 11 is 6.04. The van der Waals surface area contributed by atoms with Gasteiger partial charge in [-0.05, 0) is 30.9 Å². The summed E-state index contributed by atoms with van der Waals surface area (Å²) in [6.07, 6.45) is 6.09. The Morgan fingerprint density at radius 3 is 2.63 bits per heavy atom. The van der Waals surface area contributed by atoms with Crippen LogP contribution in [0.5, 0.6) is 0 Å². The third-order valence-electron chi connectivity index (χ3n) is 3.91. The highest BCUT2D eigenvalue weighted by molar-refractivity contribution is 6.33. The molecular formula is C15H21ClN2O. The number of halogens is 1. The van der Waals surface area contributed by atoms with E-state index in [9.17, 15) is 4.79 Å². The predicted molar refractivity (Wildman–Crippen MR) is 78.3 cm³/mol. The van der Waals surface area contributed by atoms with Crippen molar-refractivity contribution in [3.05, 3.63) is 34.9 Å². The normalized spacial score (nSPS) is 18.0. The summed E-state index contributed by atoms with van der Waals surface area (Å²) in [4.78, 5) is 12.2. The van der Waals surface area contributed by atoms with Crippen LogP contribution in [0.3, 0.4) is 0 Å². The molecule has 0 bridgehead atoms. The zero-order chi connectivity index (χ0) is 13.7. The first-order chi connectivity index (χ1) is 9.22. The molecule has 1 aliphatic carbocycles. The van der Waals surface area contributed by atoms with Gasteiger partial charge in [0.25, 0.3) is 5.91 Å². The average molecular weight is 281 g/mol. The van der Waals surface area contributed by atoms with E-state index in [0.717, 1.165) is 12.8 Å². The minimum Gasteiger partial charge on any atom is -0.348 e. The van der Waals surface area contributed by atoms with E-state index in [2.05, 4.69) is 5.32 Å². The molecule has 4 heteroatoms. The van der Waals surface area contributed by atoms with Crippen LogP contribution in [-0.4, -0.2) is 18.5 Å².